The lowest BCUT2D eigenvalue weighted by Gasteiger charge is -2.19. The number of hydrogen-bond donors (Lipinski definition) is 1. The normalized spacial score (nSPS) is 12.2. The first-order valence-corrected chi connectivity index (χ1v) is 8.16. The van der Waals surface area contributed by atoms with Crippen LogP contribution in [0.25, 0.3) is 0 Å². The summed E-state index contributed by atoms with van der Waals surface area (Å²) in [4.78, 5) is 0.0178. The second-order valence-corrected chi connectivity index (χ2v) is 7.69. The first-order valence-electron chi connectivity index (χ1n) is 6.68. The third kappa shape index (κ3) is 3.62. The Balaban J connectivity index is 2.31. The Morgan fingerprint density at radius 3 is 2.05 bits per heavy atom. The van der Waals surface area contributed by atoms with Crippen molar-refractivity contribution in [3.63, 3.8) is 0 Å². The third-order valence-electron chi connectivity index (χ3n) is 3.21. The van der Waals surface area contributed by atoms with Gasteiger partial charge in [0.25, 0.3) is 10.0 Å². The summed E-state index contributed by atoms with van der Waals surface area (Å²) in [6, 6.07) is 9.02. The number of sulfonamides is 1. The van der Waals surface area contributed by atoms with Crippen molar-refractivity contribution in [2.75, 3.05) is 4.72 Å². The standard InChI is InChI=1S/C16H17F2NO2S/c1-16(2,3)11-4-7-13(8-5-11)22(20,21)19-15-9-6-12(17)10-14(15)18/h4-10,19H,1-3H3. The van der Waals surface area contributed by atoms with Gasteiger partial charge in [0.1, 0.15) is 11.6 Å². The lowest BCUT2D eigenvalue weighted by atomic mass is 9.87. The highest BCUT2D eigenvalue weighted by atomic mass is 32.2. The minimum atomic E-state index is -3.92. The van der Waals surface area contributed by atoms with Gasteiger partial charge in [0.05, 0.1) is 10.6 Å². The molecule has 0 spiro atoms. The molecule has 0 bridgehead atoms. The van der Waals surface area contributed by atoms with E-state index in [0.29, 0.717) is 6.07 Å². The van der Waals surface area contributed by atoms with Crippen LogP contribution in [0.4, 0.5) is 14.5 Å². The second kappa shape index (κ2) is 5.68. The maximum absolute atomic E-state index is 13.5. The number of anilines is 1. The van der Waals surface area contributed by atoms with Gasteiger partial charge >= 0.3 is 0 Å². The van der Waals surface area contributed by atoms with Crippen LogP contribution in [0.15, 0.2) is 47.4 Å². The lowest BCUT2D eigenvalue weighted by molar-refractivity contribution is 0.582. The van der Waals surface area contributed by atoms with Gasteiger partial charge < -0.3 is 0 Å². The topological polar surface area (TPSA) is 46.2 Å². The van der Waals surface area contributed by atoms with Crippen molar-refractivity contribution < 1.29 is 17.2 Å². The van der Waals surface area contributed by atoms with Gasteiger partial charge in [-0.25, -0.2) is 17.2 Å². The molecule has 0 aliphatic heterocycles. The van der Waals surface area contributed by atoms with Gasteiger partial charge in [-0.15, -0.1) is 0 Å². The molecule has 118 valence electrons. The maximum atomic E-state index is 13.5. The molecule has 6 heteroatoms. The first kappa shape index (κ1) is 16.4. The van der Waals surface area contributed by atoms with E-state index >= 15 is 0 Å². The predicted molar refractivity (Wildman–Crippen MR) is 82.3 cm³/mol. The summed E-state index contributed by atoms with van der Waals surface area (Å²) in [6.07, 6.45) is 0. The molecule has 22 heavy (non-hydrogen) atoms. The van der Waals surface area contributed by atoms with Crippen LogP contribution >= 0.6 is 0 Å². The fourth-order valence-electron chi connectivity index (χ4n) is 1.91. The minimum absolute atomic E-state index is 0.0178. The number of rotatable bonds is 3. The smallest absolute Gasteiger partial charge is 0.261 e. The monoisotopic (exact) mass is 325 g/mol. The Morgan fingerprint density at radius 2 is 1.55 bits per heavy atom. The van der Waals surface area contributed by atoms with Crippen molar-refractivity contribution in [3.05, 3.63) is 59.7 Å². The Kier molecular flexibility index (Phi) is 4.24. The minimum Gasteiger partial charge on any atom is -0.277 e. The summed E-state index contributed by atoms with van der Waals surface area (Å²) in [6.45, 7) is 6.05. The fourth-order valence-corrected chi connectivity index (χ4v) is 2.98. The molecule has 0 atom stereocenters. The molecule has 0 heterocycles. The highest BCUT2D eigenvalue weighted by Crippen LogP contribution is 2.25. The van der Waals surface area contributed by atoms with E-state index in [1.54, 1.807) is 12.1 Å². The summed E-state index contributed by atoms with van der Waals surface area (Å²) >= 11 is 0. The third-order valence-corrected chi connectivity index (χ3v) is 4.59. The van der Waals surface area contributed by atoms with E-state index in [4.69, 9.17) is 0 Å². The molecule has 2 aromatic rings. The van der Waals surface area contributed by atoms with Gasteiger partial charge in [0.15, 0.2) is 0 Å². The lowest BCUT2D eigenvalue weighted by Crippen LogP contribution is -2.15. The zero-order valence-corrected chi connectivity index (χ0v) is 13.3. The number of halogens is 2. The Morgan fingerprint density at radius 1 is 0.955 bits per heavy atom. The van der Waals surface area contributed by atoms with Crippen LogP contribution in [-0.4, -0.2) is 8.42 Å². The Bertz CT molecular complexity index is 779. The van der Waals surface area contributed by atoms with Crippen LogP contribution in [0, 0.1) is 11.6 Å². The van der Waals surface area contributed by atoms with E-state index in [2.05, 4.69) is 4.72 Å². The summed E-state index contributed by atoms with van der Waals surface area (Å²) in [5.41, 5.74) is 0.597. The van der Waals surface area contributed by atoms with Crippen molar-refractivity contribution in [1.82, 2.24) is 0 Å². The quantitative estimate of drug-likeness (QED) is 0.925. The van der Waals surface area contributed by atoms with Crippen LogP contribution < -0.4 is 4.72 Å². The predicted octanol–water partition coefficient (Wildman–Crippen LogP) is 4.06. The van der Waals surface area contributed by atoms with Gasteiger partial charge in [-0.3, -0.25) is 4.72 Å². The summed E-state index contributed by atoms with van der Waals surface area (Å²) in [7, 11) is -3.92. The van der Waals surface area contributed by atoms with Crippen molar-refractivity contribution in [2.45, 2.75) is 31.1 Å². The van der Waals surface area contributed by atoms with Crippen molar-refractivity contribution in [3.8, 4) is 0 Å². The molecule has 1 N–H and O–H groups in total. The Labute approximate surface area is 129 Å². The highest BCUT2D eigenvalue weighted by Gasteiger charge is 2.19. The van der Waals surface area contributed by atoms with Crippen LogP contribution in [-0.2, 0) is 15.4 Å². The molecule has 0 aromatic heterocycles. The van der Waals surface area contributed by atoms with Crippen LogP contribution in [0.3, 0.4) is 0 Å². The van der Waals surface area contributed by atoms with E-state index in [1.807, 2.05) is 20.8 Å². The molecular weight excluding hydrogens is 308 g/mol. The summed E-state index contributed by atoms with van der Waals surface area (Å²) in [5, 5.41) is 0. The van der Waals surface area contributed by atoms with E-state index in [-0.39, 0.29) is 16.0 Å². The van der Waals surface area contributed by atoms with Gasteiger partial charge in [-0.1, -0.05) is 32.9 Å². The molecule has 0 aliphatic carbocycles. The molecule has 2 aromatic carbocycles. The SMILES string of the molecule is CC(C)(C)c1ccc(S(=O)(=O)Nc2ccc(F)cc2F)cc1. The van der Waals surface area contributed by atoms with Crippen LogP contribution in [0.5, 0.6) is 0 Å². The summed E-state index contributed by atoms with van der Waals surface area (Å²) < 4.78 is 53.0. The molecule has 0 fully saturated rings. The second-order valence-electron chi connectivity index (χ2n) is 6.00. The molecule has 0 saturated carbocycles. The molecule has 0 amide bonds. The van der Waals surface area contributed by atoms with Crippen molar-refractivity contribution in [1.29, 1.82) is 0 Å². The van der Waals surface area contributed by atoms with Gasteiger partial charge in [0, 0.05) is 6.07 Å². The van der Waals surface area contributed by atoms with Gasteiger partial charge in [0.2, 0.25) is 0 Å². The van der Waals surface area contributed by atoms with E-state index in [9.17, 15) is 17.2 Å². The molecule has 0 radical (unpaired) electrons. The van der Waals surface area contributed by atoms with Crippen molar-refractivity contribution >= 4 is 15.7 Å². The molecular formula is C16H17F2NO2S. The van der Waals surface area contributed by atoms with Gasteiger partial charge in [-0.2, -0.15) is 0 Å². The molecule has 0 unspecified atom stereocenters. The maximum Gasteiger partial charge on any atom is 0.261 e. The number of nitrogens with one attached hydrogen (secondary N) is 1. The molecule has 2 rings (SSSR count). The Hall–Kier alpha value is -1.95. The number of hydrogen-bond acceptors (Lipinski definition) is 2. The van der Waals surface area contributed by atoms with E-state index in [0.717, 1.165) is 17.7 Å². The molecule has 3 nitrogen and oxygen atoms in total. The fraction of sp³-hybridized carbons (Fsp3) is 0.250. The zero-order chi connectivity index (χ0) is 16.5. The summed E-state index contributed by atoms with van der Waals surface area (Å²) in [5.74, 6) is -1.73. The zero-order valence-electron chi connectivity index (χ0n) is 12.5. The average Bonchev–Trinajstić information content (AvgIpc) is 2.41. The van der Waals surface area contributed by atoms with E-state index in [1.165, 1.54) is 12.1 Å². The highest BCUT2D eigenvalue weighted by molar-refractivity contribution is 7.92. The number of benzene rings is 2. The average molecular weight is 325 g/mol. The van der Waals surface area contributed by atoms with Gasteiger partial charge in [-0.05, 0) is 35.2 Å². The largest absolute Gasteiger partial charge is 0.277 e. The van der Waals surface area contributed by atoms with Crippen LogP contribution in [0.1, 0.15) is 26.3 Å². The first-order chi connectivity index (χ1) is 10.1. The van der Waals surface area contributed by atoms with E-state index < -0.39 is 21.7 Å². The van der Waals surface area contributed by atoms with Crippen molar-refractivity contribution in [2.24, 2.45) is 0 Å². The molecule has 0 saturated heterocycles. The molecule has 0 aliphatic rings. The van der Waals surface area contributed by atoms with Crippen LogP contribution in [0.2, 0.25) is 0 Å².